The summed E-state index contributed by atoms with van der Waals surface area (Å²) in [6, 6.07) is 6.44. The number of hydrogen-bond acceptors (Lipinski definition) is 5. The number of ether oxygens (including phenoxy) is 1. The van der Waals surface area contributed by atoms with Crippen LogP contribution in [0.15, 0.2) is 24.3 Å². The van der Waals surface area contributed by atoms with E-state index in [1.165, 1.54) is 6.92 Å². The molecule has 26 heavy (non-hydrogen) atoms. The van der Waals surface area contributed by atoms with Gasteiger partial charge in [-0.2, -0.15) is 11.8 Å². The molecule has 7 heteroatoms. The zero-order valence-electron chi connectivity index (χ0n) is 16.0. The molecule has 6 nitrogen and oxygen atoms in total. The van der Waals surface area contributed by atoms with Gasteiger partial charge in [-0.05, 0) is 48.5 Å². The Hall–Kier alpha value is -2.02. The first-order valence-corrected chi connectivity index (χ1v) is 9.85. The van der Waals surface area contributed by atoms with Crippen molar-refractivity contribution < 1.29 is 19.1 Å². The Morgan fingerprint density at radius 3 is 2.23 bits per heavy atom. The number of nitrogens with two attached hydrogens (primary N) is 1. The highest BCUT2D eigenvalue weighted by molar-refractivity contribution is 7.98. The largest absolute Gasteiger partial charge is 0.451 e. The molecule has 0 radical (unpaired) electrons. The lowest BCUT2D eigenvalue weighted by Crippen LogP contribution is -2.44. The van der Waals surface area contributed by atoms with E-state index in [4.69, 9.17) is 10.5 Å². The van der Waals surface area contributed by atoms with Crippen molar-refractivity contribution in [2.45, 2.75) is 51.7 Å². The molecule has 1 rings (SSSR count). The van der Waals surface area contributed by atoms with Gasteiger partial charge in [-0.25, -0.2) is 4.79 Å². The predicted octanol–water partition coefficient (Wildman–Crippen LogP) is 2.25. The fraction of sp³-hybridized carbons (Fsp3) is 0.526. The quantitative estimate of drug-likeness (QED) is 0.674. The van der Waals surface area contributed by atoms with Gasteiger partial charge < -0.3 is 15.8 Å². The van der Waals surface area contributed by atoms with Crippen molar-refractivity contribution in [3.8, 4) is 0 Å². The number of carbonyl (C=O) groups excluding carboxylic acids is 3. The van der Waals surface area contributed by atoms with Crippen molar-refractivity contribution >= 4 is 29.5 Å². The van der Waals surface area contributed by atoms with Crippen LogP contribution in [0, 0.1) is 0 Å². The first-order valence-electron chi connectivity index (χ1n) is 8.46. The number of rotatable bonds is 8. The van der Waals surface area contributed by atoms with E-state index in [1.807, 2.05) is 18.4 Å². The van der Waals surface area contributed by atoms with Gasteiger partial charge in [0.05, 0.1) is 0 Å². The maximum absolute atomic E-state index is 12.5. The van der Waals surface area contributed by atoms with Crippen LogP contribution in [0.1, 0.15) is 50.0 Å². The summed E-state index contributed by atoms with van der Waals surface area (Å²) in [7, 11) is 0. The third-order valence-corrected chi connectivity index (χ3v) is 4.55. The summed E-state index contributed by atoms with van der Waals surface area (Å²) in [4.78, 5) is 35.8. The van der Waals surface area contributed by atoms with Crippen molar-refractivity contribution in [3.05, 3.63) is 35.4 Å². The van der Waals surface area contributed by atoms with E-state index in [0.29, 0.717) is 17.7 Å². The lowest BCUT2D eigenvalue weighted by molar-refractivity contribution is -0.155. The normalized spacial score (nSPS) is 13.6. The van der Waals surface area contributed by atoms with E-state index in [9.17, 15) is 14.4 Å². The summed E-state index contributed by atoms with van der Waals surface area (Å²) in [5.41, 5.74) is 6.68. The van der Waals surface area contributed by atoms with Crippen LogP contribution in [0.3, 0.4) is 0 Å². The summed E-state index contributed by atoms with van der Waals surface area (Å²) in [6.45, 7) is 7.68. The highest BCUT2D eigenvalue weighted by atomic mass is 32.2. The Kier molecular flexibility index (Phi) is 8.14. The minimum Gasteiger partial charge on any atom is -0.451 e. The fourth-order valence-electron chi connectivity index (χ4n) is 2.16. The zero-order chi connectivity index (χ0) is 19.9. The molecule has 0 fully saturated rings. The highest BCUT2D eigenvalue weighted by Gasteiger charge is 2.26. The van der Waals surface area contributed by atoms with Gasteiger partial charge in [0.15, 0.2) is 6.10 Å². The Bertz CT molecular complexity index is 638. The second-order valence-corrected chi connectivity index (χ2v) is 8.10. The minimum absolute atomic E-state index is 0.00933. The molecular formula is C19H28N2O4S. The molecule has 0 aliphatic heterocycles. The van der Waals surface area contributed by atoms with Gasteiger partial charge in [0, 0.05) is 5.56 Å². The molecule has 0 unspecified atom stereocenters. The second-order valence-electron chi connectivity index (χ2n) is 7.12. The average molecular weight is 381 g/mol. The fourth-order valence-corrected chi connectivity index (χ4v) is 2.63. The molecule has 0 aliphatic carbocycles. The van der Waals surface area contributed by atoms with Crippen LogP contribution in [-0.4, -0.2) is 41.9 Å². The predicted molar refractivity (Wildman–Crippen MR) is 104 cm³/mol. The van der Waals surface area contributed by atoms with Crippen molar-refractivity contribution in [2.75, 3.05) is 12.0 Å². The number of benzene rings is 1. The van der Waals surface area contributed by atoms with Gasteiger partial charge in [0.2, 0.25) is 0 Å². The molecule has 144 valence electrons. The third kappa shape index (κ3) is 6.71. The summed E-state index contributed by atoms with van der Waals surface area (Å²) < 4.78 is 5.03. The molecule has 2 amide bonds. The molecule has 0 saturated heterocycles. The second kappa shape index (κ2) is 9.62. The summed E-state index contributed by atoms with van der Waals surface area (Å²) in [5, 5.41) is 2.69. The Morgan fingerprint density at radius 1 is 1.19 bits per heavy atom. The maximum atomic E-state index is 12.5. The van der Waals surface area contributed by atoms with Crippen LogP contribution in [0.2, 0.25) is 0 Å². The van der Waals surface area contributed by atoms with Crippen LogP contribution in [0.4, 0.5) is 0 Å². The Labute approximate surface area is 159 Å². The highest BCUT2D eigenvalue weighted by Crippen LogP contribution is 2.22. The van der Waals surface area contributed by atoms with Crippen LogP contribution in [-0.2, 0) is 19.7 Å². The zero-order valence-corrected chi connectivity index (χ0v) is 16.8. The molecular weight excluding hydrogens is 352 g/mol. The number of amides is 2. The lowest BCUT2D eigenvalue weighted by Gasteiger charge is -2.20. The number of primary amides is 1. The van der Waals surface area contributed by atoms with Crippen LogP contribution >= 0.6 is 11.8 Å². The molecule has 2 atom stereocenters. The van der Waals surface area contributed by atoms with E-state index in [0.717, 1.165) is 5.56 Å². The third-order valence-electron chi connectivity index (χ3n) is 3.91. The van der Waals surface area contributed by atoms with E-state index >= 15 is 0 Å². The number of esters is 1. The monoisotopic (exact) mass is 380 g/mol. The molecule has 0 bridgehead atoms. The Morgan fingerprint density at radius 2 is 1.77 bits per heavy atom. The van der Waals surface area contributed by atoms with Gasteiger partial charge in [0.1, 0.15) is 6.04 Å². The first-order chi connectivity index (χ1) is 12.1. The average Bonchev–Trinajstić information content (AvgIpc) is 2.57. The van der Waals surface area contributed by atoms with E-state index in [-0.39, 0.29) is 11.3 Å². The molecule has 0 spiro atoms. The molecule has 1 aromatic rings. The lowest BCUT2D eigenvalue weighted by atomic mass is 9.86. The molecule has 3 N–H and O–H groups in total. The topological polar surface area (TPSA) is 98.5 Å². The first kappa shape index (κ1) is 22.0. The molecule has 0 aliphatic rings. The number of carbonyl (C=O) groups is 3. The van der Waals surface area contributed by atoms with E-state index in [1.54, 1.807) is 23.9 Å². The van der Waals surface area contributed by atoms with Gasteiger partial charge >= 0.3 is 5.97 Å². The smallest absolute Gasteiger partial charge is 0.329 e. The van der Waals surface area contributed by atoms with Crippen molar-refractivity contribution in [1.82, 2.24) is 5.32 Å². The maximum Gasteiger partial charge on any atom is 0.329 e. The standard InChI is InChI=1S/C19H28N2O4S/c1-12(16(20)22)25-18(24)15(10-11-26-5)21-17(23)13-6-8-14(9-7-13)19(2,3)4/h6-9,12,15H,10-11H2,1-5H3,(H2,20,22)(H,21,23)/t12-,15-/m0/s1. The number of hydrogen-bond donors (Lipinski definition) is 2. The van der Waals surface area contributed by atoms with E-state index < -0.39 is 24.0 Å². The van der Waals surface area contributed by atoms with Crippen LogP contribution in [0.25, 0.3) is 0 Å². The number of nitrogens with one attached hydrogen (secondary N) is 1. The van der Waals surface area contributed by atoms with Crippen molar-refractivity contribution in [1.29, 1.82) is 0 Å². The number of thioether (sulfide) groups is 1. The van der Waals surface area contributed by atoms with Gasteiger partial charge in [-0.15, -0.1) is 0 Å². The van der Waals surface area contributed by atoms with Crippen LogP contribution in [0.5, 0.6) is 0 Å². The van der Waals surface area contributed by atoms with Gasteiger partial charge in [-0.1, -0.05) is 32.9 Å². The SMILES string of the molecule is CSCC[C@H](NC(=O)c1ccc(C(C)(C)C)cc1)C(=O)O[C@@H](C)C(N)=O. The van der Waals surface area contributed by atoms with Crippen molar-refractivity contribution in [3.63, 3.8) is 0 Å². The summed E-state index contributed by atoms with van der Waals surface area (Å²) in [6.07, 6.45) is 1.26. The van der Waals surface area contributed by atoms with Crippen LogP contribution < -0.4 is 11.1 Å². The molecule has 0 saturated carbocycles. The summed E-state index contributed by atoms with van der Waals surface area (Å²) >= 11 is 1.55. The van der Waals surface area contributed by atoms with Crippen molar-refractivity contribution in [2.24, 2.45) is 5.73 Å². The molecule has 0 heterocycles. The molecule has 0 aromatic heterocycles. The van der Waals surface area contributed by atoms with E-state index in [2.05, 4.69) is 26.1 Å². The molecule has 1 aromatic carbocycles. The van der Waals surface area contributed by atoms with Gasteiger partial charge in [0.25, 0.3) is 11.8 Å². The Balaban J connectivity index is 2.84. The van der Waals surface area contributed by atoms with Gasteiger partial charge in [-0.3, -0.25) is 9.59 Å². The minimum atomic E-state index is -1.04. The summed E-state index contributed by atoms with van der Waals surface area (Å²) in [5.74, 6) is -1.09.